The molecule has 7 nitrogen and oxygen atoms in total. The lowest BCUT2D eigenvalue weighted by Crippen LogP contribution is -2.42. The fraction of sp³-hybridized carbons (Fsp3) is 0.333. The predicted octanol–water partition coefficient (Wildman–Crippen LogP) is 0.526. The molecule has 0 saturated heterocycles. The van der Waals surface area contributed by atoms with Gasteiger partial charge in [0, 0.05) is 27.3 Å². The largest absolute Gasteiger partial charge is 0.330 e. The standard InChI is InChI=1S/C15H19N3O4S/c1-10-6-7-11(2)12(8-10)18(5)23(21,22)13-9-16(3)15(20)17(4)14(13)19/h6-9H,1-5H3. The average Bonchev–Trinajstić information content (AvgIpc) is 2.50. The number of benzene rings is 1. The molecule has 124 valence electrons. The molecule has 2 aromatic rings. The maximum absolute atomic E-state index is 12.8. The minimum atomic E-state index is -4.08. The van der Waals surface area contributed by atoms with E-state index in [0.717, 1.165) is 30.8 Å². The molecule has 0 atom stereocenters. The minimum absolute atomic E-state index is 0.439. The molecule has 23 heavy (non-hydrogen) atoms. The second-order valence-corrected chi connectivity index (χ2v) is 7.45. The van der Waals surface area contributed by atoms with Crippen LogP contribution in [-0.4, -0.2) is 24.6 Å². The van der Waals surface area contributed by atoms with E-state index in [1.54, 1.807) is 13.0 Å². The van der Waals surface area contributed by atoms with Crippen LogP contribution in [-0.2, 0) is 24.1 Å². The fourth-order valence-electron chi connectivity index (χ4n) is 2.29. The van der Waals surface area contributed by atoms with Crippen molar-refractivity contribution in [2.24, 2.45) is 14.1 Å². The van der Waals surface area contributed by atoms with Gasteiger partial charge in [0.05, 0.1) is 5.69 Å². The lowest BCUT2D eigenvalue weighted by molar-refractivity contribution is 0.582. The van der Waals surface area contributed by atoms with Crippen LogP contribution < -0.4 is 15.6 Å². The van der Waals surface area contributed by atoms with Gasteiger partial charge in [0.2, 0.25) is 0 Å². The van der Waals surface area contributed by atoms with Crippen LogP contribution in [0.25, 0.3) is 0 Å². The Morgan fingerprint density at radius 2 is 1.70 bits per heavy atom. The van der Waals surface area contributed by atoms with Crippen LogP contribution in [0, 0.1) is 13.8 Å². The summed E-state index contributed by atoms with van der Waals surface area (Å²) in [5, 5.41) is 0. The number of hydrogen-bond acceptors (Lipinski definition) is 4. The summed E-state index contributed by atoms with van der Waals surface area (Å²) in [7, 11) is -0.0398. The highest BCUT2D eigenvalue weighted by Crippen LogP contribution is 2.24. The summed E-state index contributed by atoms with van der Waals surface area (Å²) in [5.74, 6) is 0. The van der Waals surface area contributed by atoms with Crippen LogP contribution >= 0.6 is 0 Å². The maximum atomic E-state index is 12.8. The lowest BCUT2D eigenvalue weighted by atomic mass is 10.1. The number of aromatic nitrogens is 2. The van der Waals surface area contributed by atoms with Crippen molar-refractivity contribution >= 4 is 15.7 Å². The summed E-state index contributed by atoms with van der Waals surface area (Å²) in [6, 6.07) is 5.43. The zero-order valence-electron chi connectivity index (χ0n) is 13.7. The summed E-state index contributed by atoms with van der Waals surface area (Å²) < 4.78 is 28.6. The first kappa shape index (κ1) is 17.0. The normalized spacial score (nSPS) is 11.5. The van der Waals surface area contributed by atoms with Gasteiger partial charge in [-0.1, -0.05) is 12.1 Å². The van der Waals surface area contributed by atoms with Crippen molar-refractivity contribution in [2.75, 3.05) is 11.4 Å². The maximum Gasteiger partial charge on any atom is 0.330 e. The van der Waals surface area contributed by atoms with Gasteiger partial charge in [0.25, 0.3) is 15.6 Å². The van der Waals surface area contributed by atoms with Crippen molar-refractivity contribution in [1.82, 2.24) is 9.13 Å². The molecule has 0 aliphatic rings. The molecule has 1 aromatic carbocycles. The monoisotopic (exact) mass is 337 g/mol. The van der Waals surface area contributed by atoms with Gasteiger partial charge in [0.1, 0.15) is 0 Å². The van der Waals surface area contributed by atoms with E-state index in [9.17, 15) is 18.0 Å². The van der Waals surface area contributed by atoms with Crippen molar-refractivity contribution < 1.29 is 8.42 Å². The van der Waals surface area contributed by atoms with Crippen molar-refractivity contribution in [3.8, 4) is 0 Å². The lowest BCUT2D eigenvalue weighted by Gasteiger charge is -2.22. The van der Waals surface area contributed by atoms with Crippen LogP contribution in [0.2, 0.25) is 0 Å². The zero-order valence-corrected chi connectivity index (χ0v) is 14.5. The van der Waals surface area contributed by atoms with Crippen molar-refractivity contribution in [1.29, 1.82) is 0 Å². The molecular formula is C15H19N3O4S. The Kier molecular flexibility index (Phi) is 4.21. The second-order valence-electron chi connectivity index (χ2n) is 5.51. The summed E-state index contributed by atoms with van der Waals surface area (Å²) in [6.07, 6.45) is 1.06. The fourth-order valence-corrected chi connectivity index (χ4v) is 3.69. The van der Waals surface area contributed by atoms with Crippen molar-refractivity contribution in [3.63, 3.8) is 0 Å². The third-order valence-electron chi connectivity index (χ3n) is 3.76. The summed E-state index contributed by atoms with van der Waals surface area (Å²) in [6.45, 7) is 3.65. The van der Waals surface area contributed by atoms with Gasteiger partial charge in [-0.05, 0) is 31.0 Å². The third-order valence-corrected chi connectivity index (χ3v) is 5.51. The van der Waals surface area contributed by atoms with Crippen LogP contribution in [0.15, 0.2) is 38.9 Å². The Bertz CT molecular complexity index is 987. The number of rotatable bonds is 3. The number of nitrogens with zero attached hydrogens (tertiary/aromatic N) is 3. The number of anilines is 1. The van der Waals surface area contributed by atoms with E-state index in [4.69, 9.17) is 0 Å². The van der Waals surface area contributed by atoms with E-state index in [1.807, 2.05) is 19.1 Å². The SMILES string of the molecule is Cc1ccc(C)c(N(C)S(=O)(=O)c2cn(C)c(=O)n(C)c2=O)c1. The average molecular weight is 337 g/mol. The highest BCUT2D eigenvalue weighted by Gasteiger charge is 2.27. The highest BCUT2D eigenvalue weighted by atomic mass is 32.2. The molecule has 8 heteroatoms. The van der Waals surface area contributed by atoms with Crippen LogP contribution in [0.1, 0.15) is 11.1 Å². The number of sulfonamides is 1. The summed E-state index contributed by atoms with van der Waals surface area (Å²) >= 11 is 0. The molecule has 2 rings (SSSR count). The molecule has 0 aliphatic carbocycles. The van der Waals surface area contributed by atoms with Crippen LogP contribution in [0.3, 0.4) is 0 Å². The first-order chi connectivity index (χ1) is 10.6. The van der Waals surface area contributed by atoms with E-state index in [2.05, 4.69) is 0 Å². The molecule has 1 aromatic heterocycles. The van der Waals surface area contributed by atoms with Gasteiger partial charge in [-0.15, -0.1) is 0 Å². The van der Waals surface area contributed by atoms with Crippen LogP contribution in [0.4, 0.5) is 5.69 Å². The Morgan fingerprint density at radius 3 is 2.30 bits per heavy atom. The molecule has 0 bridgehead atoms. The molecule has 0 spiro atoms. The quantitative estimate of drug-likeness (QED) is 0.818. The number of aryl methyl sites for hydroxylation is 3. The summed E-state index contributed by atoms with van der Waals surface area (Å²) in [4.78, 5) is 23.5. The Hall–Kier alpha value is -2.35. The van der Waals surface area contributed by atoms with Crippen molar-refractivity contribution in [2.45, 2.75) is 18.7 Å². The zero-order chi connectivity index (χ0) is 17.5. The third kappa shape index (κ3) is 2.81. The predicted molar refractivity (Wildman–Crippen MR) is 88.4 cm³/mol. The summed E-state index contributed by atoms with van der Waals surface area (Å²) in [5.41, 5.74) is 0.735. The second kappa shape index (κ2) is 5.69. The molecule has 0 radical (unpaired) electrons. The molecule has 1 heterocycles. The minimum Gasteiger partial charge on any atom is -0.302 e. The van der Waals surface area contributed by atoms with Gasteiger partial charge in [-0.3, -0.25) is 13.7 Å². The molecule has 0 aliphatic heterocycles. The Morgan fingerprint density at radius 1 is 1.09 bits per heavy atom. The van der Waals surface area contributed by atoms with Gasteiger partial charge < -0.3 is 4.57 Å². The molecule has 0 N–H and O–H groups in total. The van der Waals surface area contributed by atoms with E-state index in [-0.39, 0.29) is 0 Å². The van der Waals surface area contributed by atoms with E-state index >= 15 is 0 Å². The Labute approximate surface area is 134 Å². The number of hydrogen-bond donors (Lipinski definition) is 0. The van der Waals surface area contributed by atoms with Crippen molar-refractivity contribution in [3.05, 3.63) is 56.4 Å². The van der Waals surface area contributed by atoms with Gasteiger partial charge in [0.15, 0.2) is 4.90 Å². The smallest absolute Gasteiger partial charge is 0.302 e. The molecule has 0 fully saturated rings. The highest BCUT2D eigenvalue weighted by molar-refractivity contribution is 7.92. The molecule has 0 saturated carbocycles. The molecule has 0 amide bonds. The molecule has 0 unspecified atom stereocenters. The van der Waals surface area contributed by atoms with E-state index in [1.165, 1.54) is 21.1 Å². The first-order valence-corrected chi connectivity index (χ1v) is 8.34. The van der Waals surface area contributed by atoms with E-state index < -0.39 is 26.2 Å². The topological polar surface area (TPSA) is 81.4 Å². The first-order valence-electron chi connectivity index (χ1n) is 6.90. The van der Waals surface area contributed by atoms with E-state index in [0.29, 0.717) is 5.69 Å². The van der Waals surface area contributed by atoms with Crippen LogP contribution in [0.5, 0.6) is 0 Å². The van der Waals surface area contributed by atoms with Gasteiger partial charge >= 0.3 is 5.69 Å². The molecular weight excluding hydrogens is 318 g/mol. The van der Waals surface area contributed by atoms with Gasteiger partial charge in [-0.2, -0.15) is 0 Å². The van der Waals surface area contributed by atoms with Gasteiger partial charge in [-0.25, -0.2) is 13.2 Å². The Balaban J connectivity index is 2.70.